The molecule has 74 valence electrons. The smallest absolute Gasteiger partial charge is 0.0141 e. The monoisotopic (exact) mass is 204 g/mol. The highest BCUT2D eigenvalue weighted by Crippen LogP contribution is 2.25. The van der Waals surface area contributed by atoms with Crippen LogP contribution >= 0.6 is 11.8 Å². The quantitative estimate of drug-likeness (QED) is 0.664. The maximum Gasteiger partial charge on any atom is 0.0141 e. The Morgan fingerprint density at radius 1 is 1.36 bits per heavy atom. The minimum Gasteiger partial charge on any atom is -0.129 e. The van der Waals surface area contributed by atoms with Gasteiger partial charge in [0.15, 0.2) is 0 Å². The number of hydrogen-bond donors (Lipinski definition) is 0. The molecule has 0 amide bonds. The summed E-state index contributed by atoms with van der Waals surface area (Å²) in [4.78, 5) is 1.27. The van der Waals surface area contributed by atoms with Gasteiger partial charge in [-0.3, -0.25) is 0 Å². The maximum absolute atomic E-state index is 3.72. The first-order valence-corrected chi connectivity index (χ1v) is 6.00. The van der Waals surface area contributed by atoms with E-state index in [0.717, 1.165) is 6.42 Å². The summed E-state index contributed by atoms with van der Waals surface area (Å²) in [6.07, 6.45) is 7.06. The lowest BCUT2D eigenvalue weighted by atomic mass is 10.1. The van der Waals surface area contributed by atoms with E-state index in [1.165, 1.54) is 16.0 Å². The van der Waals surface area contributed by atoms with Gasteiger partial charge in [-0.1, -0.05) is 43.8 Å². The first-order valence-electron chi connectivity index (χ1n) is 4.77. The molecule has 0 saturated carbocycles. The lowest BCUT2D eigenvalue weighted by Gasteiger charge is -2.04. The van der Waals surface area contributed by atoms with Gasteiger partial charge in [0, 0.05) is 4.91 Å². The fourth-order valence-corrected chi connectivity index (χ4v) is 1.90. The molecular weight excluding hydrogens is 188 g/mol. The molecule has 0 saturated heterocycles. The van der Waals surface area contributed by atoms with Crippen molar-refractivity contribution in [1.29, 1.82) is 0 Å². The van der Waals surface area contributed by atoms with Crippen LogP contribution in [-0.4, -0.2) is 6.26 Å². The molecule has 1 rings (SSSR count). The molecule has 1 aromatic carbocycles. The summed E-state index contributed by atoms with van der Waals surface area (Å²) >= 11 is 1.75. The van der Waals surface area contributed by atoms with Gasteiger partial charge in [-0.2, -0.15) is 0 Å². The van der Waals surface area contributed by atoms with Gasteiger partial charge < -0.3 is 0 Å². The number of rotatable bonds is 4. The minimum absolute atomic E-state index is 1.10. The maximum atomic E-state index is 3.72. The van der Waals surface area contributed by atoms with Crippen molar-refractivity contribution in [2.45, 2.75) is 13.3 Å². The van der Waals surface area contributed by atoms with Crippen LogP contribution in [0.4, 0.5) is 0 Å². The van der Waals surface area contributed by atoms with Crippen LogP contribution < -0.4 is 0 Å². The molecule has 0 N–H and O–H groups in total. The van der Waals surface area contributed by atoms with Crippen LogP contribution in [0.5, 0.6) is 0 Å². The number of benzene rings is 1. The molecule has 0 unspecified atom stereocenters. The van der Waals surface area contributed by atoms with Crippen molar-refractivity contribution in [3.8, 4) is 0 Å². The third kappa shape index (κ3) is 2.78. The van der Waals surface area contributed by atoms with Gasteiger partial charge in [-0.25, -0.2) is 0 Å². The van der Waals surface area contributed by atoms with Crippen molar-refractivity contribution < 1.29 is 0 Å². The van der Waals surface area contributed by atoms with E-state index in [2.05, 4.69) is 44.0 Å². The van der Waals surface area contributed by atoms with Gasteiger partial charge in [0.25, 0.3) is 0 Å². The molecule has 0 radical (unpaired) electrons. The van der Waals surface area contributed by atoms with Crippen molar-refractivity contribution in [2.75, 3.05) is 6.26 Å². The Bertz CT molecular complexity index is 320. The van der Waals surface area contributed by atoms with Crippen molar-refractivity contribution in [3.05, 3.63) is 54.1 Å². The summed E-state index contributed by atoms with van der Waals surface area (Å²) in [5, 5.41) is 0. The topological polar surface area (TPSA) is 0 Å². The van der Waals surface area contributed by atoms with Crippen LogP contribution in [0.3, 0.4) is 0 Å². The second kappa shape index (κ2) is 5.71. The molecule has 14 heavy (non-hydrogen) atoms. The normalized spacial score (nSPS) is 11.4. The van der Waals surface area contributed by atoms with Gasteiger partial charge in [-0.15, -0.1) is 11.8 Å². The van der Waals surface area contributed by atoms with Crippen molar-refractivity contribution >= 4 is 16.7 Å². The number of hydrogen-bond acceptors (Lipinski definition) is 1. The molecule has 0 fully saturated rings. The predicted octanol–water partition coefficient (Wildman–Crippen LogP) is 4.14. The Hall–Kier alpha value is -0.950. The van der Waals surface area contributed by atoms with E-state index in [9.17, 15) is 0 Å². The first-order chi connectivity index (χ1) is 6.81. The van der Waals surface area contributed by atoms with Crippen LogP contribution in [0.2, 0.25) is 0 Å². The molecule has 0 bridgehead atoms. The second-order valence-corrected chi connectivity index (χ2v) is 3.87. The third-order valence-corrected chi connectivity index (χ3v) is 2.95. The Morgan fingerprint density at radius 3 is 2.43 bits per heavy atom. The van der Waals surface area contributed by atoms with E-state index in [-0.39, 0.29) is 0 Å². The lowest BCUT2D eigenvalue weighted by Crippen LogP contribution is -1.82. The minimum atomic E-state index is 1.10. The van der Waals surface area contributed by atoms with Crippen molar-refractivity contribution in [2.24, 2.45) is 0 Å². The SMILES string of the molecule is C=C/C=C(\SC)c1ccc(CC)cc1. The molecule has 0 atom stereocenters. The standard InChI is InChI=1S/C13H16S/c1-4-6-13(14-3)12-9-7-11(5-2)8-10-12/h4,6-10H,1,5H2,2-3H3/b13-6-. The number of allylic oxidation sites excluding steroid dienone is 2. The van der Waals surface area contributed by atoms with Crippen LogP contribution in [0, 0.1) is 0 Å². The molecule has 0 aliphatic rings. The summed E-state index contributed by atoms with van der Waals surface area (Å²) in [5.41, 5.74) is 2.66. The van der Waals surface area contributed by atoms with Crippen LogP contribution in [0.15, 0.2) is 43.0 Å². The molecule has 1 aromatic rings. The zero-order valence-electron chi connectivity index (χ0n) is 8.79. The van der Waals surface area contributed by atoms with Crippen molar-refractivity contribution in [3.63, 3.8) is 0 Å². The molecule has 0 aliphatic carbocycles. The summed E-state index contributed by atoms with van der Waals surface area (Å²) < 4.78 is 0. The largest absolute Gasteiger partial charge is 0.129 e. The molecule has 0 aliphatic heterocycles. The van der Waals surface area contributed by atoms with Crippen molar-refractivity contribution in [1.82, 2.24) is 0 Å². The van der Waals surface area contributed by atoms with Gasteiger partial charge >= 0.3 is 0 Å². The fraction of sp³-hybridized carbons (Fsp3) is 0.231. The highest BCUT2D eigenvalue weighted by molar-refractivity contribution is 8.07. The number of aryl methyl sites for hydroxylation is 1. The summed E-state index contributed by atoms with van der Waals surface area (Å²) in [6, 6.07) is 8.71. The van der Waals surface area contributed by atoms with Gasteiger partial charge in [0.05, 0.1) is 0 Å². The Kier molecular flexibility index (Phi) is 4.54. The van der Waals surface area contributed by atoms with Gasteiger partial charge in [0.1, 0.15) is 0 Å². The Labute approximate surface area is 90.7 Å². The van der Waals surface area contributed by atoms with E-state index < -0.39 is 0 Å². The molecule has 0 nitrogen and oxygen atoms in total. The van der Waals surface area contributed by atoms with E-state index in [1.54, 1.807) is 11.8 Å². The predicted molar refractivity (Wildman–Crippen MR) is 67.5 cm³/mol. The van der Waals surface area contributed by atoms with E-state index in [0.29, 0.717) is 0 Å². The fourth-order valence-electron chi connectivity index (χ4n) is 1.29. The summed E-state index contributed by atoms with van der Waals surface area (Å²) in [7, 11) is 0. The highest BCUT2D eigenvalue weighted by Gasteiger charge is 1.98. The zero-order valence-corrected chi connectivity index (χ0v) is 9.60. The van der Waals surface area contributed by atoms with Crippen LogP contribution in [0.1, 0.15) is 18.1 Å². The van der Waals surface area contributed by atoms with E-state index >= 15 is 0 Å². The van der Waals surface area contributed by atoms with Gasteiger partial charge in [0.2, 0.25) is 0 Å². The average molecular weight is 204 g/mol. The average Bonchev–Trinajstić information content (AvgIpc) is 2.26. The van der Waals surface area contributed by atoms with E-state index in [1.807, 2.05) is 12.2 Å². The molecule has 0 aromatic heterocycles. The second-order valence-electron chi connectivity index (χ2n) is 3.02. The third-order valence-electron chi connectivity index (χ3n) is 2.14. The first kappa shape index (κ1) is 11.1. The molecule has 0 heterocycles. The van der Waals surface area contributed by atoms with E-state index in [4.69, 9.17) is 0 Å². The molecule has 1 heteroatoms. The summed E-state index contributed by atoms with van der Waals surface area (Å²) in [6.45, 7) is 5.89. The number of thioether (sulfide) groups is 1. The molecular formula is C13H16S. The molecule has 0 spiro atoms. The van der Waals surface area contributed by atoms with Crippen LogP contribution in [-0.2, 0) is 6.42 Å². The van der Waals surface area contributed by atoms with Gasteiger partial charge in [-0.05, 0) is 29.9 Å². The lowest BCUT2D eigenvalue weighted by molar-refractivity contribution is 1.14. The Morgan fingerprint density at radius 2 is 2.00 bits per heavy atom. The van der Waals surface area contributed by atoms with Crippen LogP contribution in [0.25, 0.3) is 4.91 Å². The highest BCUT2D eigenvalue weighted by atomic mass is 32.2. The summed E-state index contributed by atoms with van der Waals surface area (Å²) in [5.74, 6) is 0. The Balaban J connectivity index is 2.95. The zero-order chi connectivity index (χ0) is 10.4.